The lowest BCUT2D eigenvalue weighted by molar-refractivity contribution is 0.211. The van der Waals surface area contributed by atoms with Gasteiger partial charge in [0.15, 0.2) is 0 Å². The predicted molar refractivity (Wildman–Crippen MR) is 85.3 cm³/mol. The quantitative estimate of drug-likeness (QED) is 0.775. The highest BCUT2D eigenvalue weighted by Gasteiger charge is 2.19. The molecule has 0 saturated carbocycles. The summed E-state index contributed by atoms with van der Waals surface area (Å²) in [6.07, 6.45) is 8.68. The minimum Gasteiger partial charge on any atom is -0.395 e. The van der Waals surface area contributed by atoms with E-state index < -0.39 is 0 Å². The first-order valence-corrected chi connectivity index (χ1v) is 8.00. The second kappa shape index (κ2) is 11.4. The Morgan fingerprint density at radius 1 is 1.37 bits per heavy atom. The third-order valence-electron chi connectivity index (χ3n) is 3.23. The van der Waals surface area contributed by atoms with E-state index >= 15 is 0 Å². The lowest BCUT2D eigenvalue weighted by Gasteiger charge is -2.31. The molecule has 0 spiro atoms. The molecule has 1 atom stereocenters. The summed E-state index contributed by atoms with van der Waals surface area (Å²) in [5.41, 5.74) is 1.21. The zero-order valence-corrected chi connectivity index (χ0v) is 13.7. The van der Waals surface area contributed by atoms with E-state index in [1.807, 2.05) is 19.9 Å². The van der Waals surface area contributed by atoms with E-state index in [1.165, 1.54) is 5.70 Å². The Morgan fingerprint density at radius 2 is 2.05 bits per heavy atom. The standard InChI is InChI=1S/C14H24ClNO.C2H6/c1-3-4-9-16(10-11-17)14-12(2)7-5-6-8-13(14)15;1-2/h6,8,12,17H,3-5,7,9-11H2,1-2H3;1-2H3/t12-;/m0./s1. The van der Waals surface area contributed by atoms with Gasteiger partial charge in [-0.2, -0.15) is 0 Å². The van der Waals surface area contributed by atoms with Gasteiger partial charge in [-0.1, -0.05) is 51.8 Å². The SMILES string of the molecule is CC.CCCCN(CCO)C1=C(Cl)C=CCC[C@@H]1C. The molecule has 0 amide bonds. The Morgan fingerprint density at radius 3 is 2.63 bits per heavy atom. The Labute approximate surface area is 124 Å². The van der Waals surface area contributed by atoms with Crippen LogP contribution in [0.2, 0.25) is 0 Å². The van der Waals surface area contributed by atoms with Crippen LogP contribution < -0.4 is 0 Å². The van der Waals surface area contributed by atoms with Crippen molar-refractivity contribution >= 4 is 11.6 Å². The van der Waals surface area contributed by atoms with Crippen molar-refractivity contribution in [2.75, 3.05) is 19.7 Å². The van der Waals surface area contributed by atoms with E-state index in [0.29, 0.717) is 12.5 Å². The van der Waals surface area contributed by atoms with Crippen molar-refractivity contribution in [3.8, 4) is 0 Å². The van der Waals surface area contributed by atoms with Crippen LogP contribution >= 0.6 is 11.6 Å². The summed E-state index contributed by atoms with van der Waals surface area (Å²) < 4.78 is 0. The molecule has 0 bridgehead atoms. The van der Waals surface area contributed by atoms with Crippen molar-refractivity contribution < 1.29 is 5.11 Å². The summed E-state index contributed by atoms with van der Waals surface area (Å²) >= 11 is 6.36. The van der Waals surface area contributed by atoms with Crippen LogP contribution in [0, 0.1) is 5.92 Å². The van der Waals surface area contributed by atoms with Crippen LogP contribution in [0.1, 0.15) is 53.4 Å². The van der Waals surface area contributed by atoms with Crippen molar-refractivity contribution in [2.45, 2.75) is 53.4 Å². The van der Waals surface area contributed by atoms with Gasteiger partial charge in [0, 0.05) is 18.8 Å². The molecule has 0 fully saturated rings. The molecule has 0 aromatic carbocycles. The average molecular weight is 288 g/mol. The van der Waals surface area contributed by atoms with Crippen LogP contribution in [0.5, 0.6) is 0 Å². The van der Waals surface area contributed by atoms with Gasteiger partial charge in [0.2, 0.25) is 0 Å². The number of hydrogen-bond acceptors (Lipinski definition) is 2. The number of allylic oxidation sites excluding steroid dienone is 4. The zero-order chi connectivity index (χ0) is 14.7. The van der Waals surface area contributed by atoms with E-state index in [4.69, 9.17) is 11.6 Å². The molecule has 0 aromatic rings. The first-order valence-electron chi connectivity index (χ1n) is 7.62. The van der Waals surface area contributed by atoms with E-state index in [0.717, 1.165) is 37.3 Å². The maximum absolute atomic E-state index is 9.18. The molecule has 1 N–H and O–H groups in total. The maximum Gasteiger partial charge on any atom is 0.0606 e. The van der Waals surface area contributed by atoms with Gasteiger partial charge in [0.05, 0.1) is 11.6 Å². The molecule has 19 heavy (non-hydrogen) atoms. The van der Waals surface area contributed by atoms with Crippen LogP contribution in [-0.2, 0) is 0 Å². The summed E-state index contributed by atoms with van der Waals surface area (Å²) in [6.45, 7) is 10.3. The van der Waals surface area contributed by atoms with Gasteiger partial charge in [-0.05, 0) is 31.3 Å². The van der Waals surface area contributed by atoms with Crippen LogP contribution in [-0.4, -0.2) is 29.7 Å². The second-order valence-corrected chi connectivity index (χ2v) is 5.09. The fourth-order valence-electron chi connectivity index (χ4n) is 2.28. The Kier molecular flexibility index (Phi) is 11.1. The summed E-state index contributed by atoms with van der Waals surface area (Å²) in [5.74, 6) is 0.473. The lowest BCUT2D eigenvalue weighted by atomic mass is 10.0. The Balaban J connectivity index is 0.00000154. The first-order chi connectivity index (χ1) is 9.20. The van der Waals surface area contributed by atoms with Crippen LogP contribution in [0.25, 0.3) is 0 Å². The number of aliphatic hydroxyl groups is 1. The van der Waals surface area contributed by atoms with Gasteiger partial charge in [-0.15, -0.1) is 0 Å². The number of halogens is 1. The predicted octanol–water partition coefficient (Wildman–Crippen LogP) is 4.54. The molecular formula is C16H30ClNO. The topological polar surface area (TPSA) is 23.5 Å². The summed E-state index contributed by atoms with van der Waals surface area (Å²) in [4.78, 5) is 2.26. The van der Waals surface area contributed by atoms with Crippen molar-refractivity contribution in [1.82, 2.24) is 4.90 Å². The minimum absolute atomic E-state index is 0.188. The van der Waals surface area contributed by atoms with Crippen molar-refractivity contribution in [1.29, 1.82) is 0 Å². The zero-order valence-electron chi connectivity index (χ0n) is 13.0. The monoisotopic (exact) mass is 287 g/mol. The highest BCUT2D eigenvalue weighted by Crippen LogP contribution is 2.29. The van der Waals surface area contributed by atoms with Crippen LogP contribution in [0.4, 0.5) is 0 Å². The number of unbranched alkanes of at least 4 members (excludes halogenated alkanes) is 1. The summed E-state index contributed by atoms with van der Waals surface area (Å²) in [6, 6.07) is 0. The van der Waals surface area contributed by atoms with Gasteiger partial charge in [-0.25, -0.2) is 0 Å². The third-order valence-corrected chi connectivity index (χ3v) is 3.55. The van der Waals surface area contributed by atoms with E-state index in [-0.39, 0.29) is 6.61 Å². The summed E-state index contributed by atoms with van der Waals surface area (Å²) in [7, 11) is 0. The normalized spacial score (nSPS) is 18.7. The molecule has 0 saturated heterocycles. The van der Waals surface area contributed by atoms with E-state index in [1.54, 1.807) is 0 Å². The van der Waals surface area contributed by atoms with Crippen LogP contribution in [0.3, 0.4) is 0 Å². The van der Waals surface area contributed by atoms with Gasteiger partial charge in [0.1, 0.15) is 0 Å². The van der Waals surface area contributed by atoms with Gasteiger partial charge >= 0.3 is 0 Å². The van der Waals surface area contributed by atoms with E-state index in [2.05, 4.69) is 24.8 Å². The molecule has 0 aliphatic heterocycles. The number of aliphatic hydroxyl groups excluding tert-OH is 1. The van der Waals surface area contributed by atoms with Crippen LogP contribution in [0.15, 0.2) is 22.9 Å². The molecule has 1 rings (SSSR count). The molecule has 0 heterocycles. The van der Waals surface area contributed by atoms with Gasteiger partial charge < -0.3 is 10.0 Å². The lowest BCUT2D eigenvalue weighted by Crippen LogP contribution is -2.31. The molecule has 2 nitrogen and oxygen atoms in total. The number of hydrogen-bond donors (Lipinski definition) is 1. The summed E-state index contributed by atoms with van der Waals surface area (Å²) in [5, 5.41) is 10.0. The molecule has 0 unspecified atom stereocenters. The first kappa shape index (κ1) is 18.5. The molecule has 0 aromatic heterocycles. The van der Waals surface area contributed by atoms with Crippen molar-refractivity contribution in [2.24, 2.45) is 5.92 Å². The fourth-order valence-corrected chi connectivity index (χ4v) is 2.67. The Hall–Kier alpha value is -0.470. The number of rotatable bonds is 6. The molecule has 1 aliphatic carbocycles. The molecule has 112 valence electrons. The highest BCUT2D eigenvalue weighted by molar-refractivity contribution is 6.31. The maximum atomic E-state index is 9.18. The minimum atomic E-state index is 0.188. The molecule has 3 heteroatoms. The van der Waals surface area contributed by atoms with Crippen molar-refractivity contribution in [3.63, 3.8) is 0 Å². The Bertz CT molecular complexity index is 286. The smallest absolute Gasteiger partial charge is 0.0606 e. The highest BCUT2D eigenvalue weighted by atomic mass is 35.5. The number of nitrogens with zero attached hydrogens (tertiary/aromatic N) is 1. The van der Waals surface area contributed by atoms with Gasteiger partial charge in [-0.3, -0.25) is 0 Å². The second-order valence-electron chi connectivity index (χ2n) is 4.68. The molecular weight excluding hydrogens is 258 g/mol. The fraction of sp³-hybridized carbons (Fsp3) is 0.750. The van der Waals surface area contributed by atoms with E-state index in [9.17, 15) is 5.11 Å². The largest absolute Gasteiger partial charge is 0.395 e. The third kappa shape index (κ3) is 6.49. The van der Waals surface area contributed by atoms with Gasteiger partial charge in [0.25, 0.3) is 0 Å². The molecule has 0 radical (unpaired) electrons. The molecule has 1 aliphatic rings. The average Bonchev–Trinajstić information content (AvgIpc) is 2.59. The van der Waals surface area contributed by atoms with Crippen molar-refractivity contribution in [3.05, 3.63) is 22.9 Å².